The van der Waals surface area contributed by atoms with Crippen LogP contribution in [0.5, 0.6) is 0 Å². The van der Waals surface area contributed by atoms with Gasteiger partial charge in [0.2, 0.25) is 5.71 Å². The lowest BCUT2D eigenvalue weighted by Crippen LogP contribution is -1.96. The van der Waals surface area contributed by atoms with Crippen molar-refractivity contribution in [1.29, 1.82) is 0 Å². The van der Waals surface area contributed by atoms with E-state index in [2.05, 4.69) is 91.6 Å². The van der Waals surface area contributed by atoms with E-state index < -0.39 is 0 Å². The predicted molar refractivity (Wildman–Crippen MR) is 153 cm³/mol. The highest BCUT2D eigenvalue weighted by atomic mass is 16.3. The van der Waals surface area contributed by atoms with Crippen LogP contribution in [-0.2, 0) is 0 Å². The number of hydrogen-bond donors (Lipinski definition) is 0. The standard InChI is InChI=1S/C34H30N2O/c1-20-8-11-24(12-9-20)31-19-26-18-25(23-6-4-5-7-23)13-15-27(26)32(36-31)30-17-21(2)16-29-28-14-10-22(3)35-34(28)37-33(29)30/h8-19,23H,4-7H2,1-3H3. The normalized spacial score (nSPS) is 14.4. The third-order valence-electron chi connectivity index (χ3n) is 8.01. The maximum absolute atomic E-state index is 6.44. The van der Waals surface area contributed by atoms with Crippen molar-refractivity contribution < 1.29 is 4.42 Å². The Balaban J connectivity index is 1.53. The molecule has 0 amide bonds. The van der Waals surface area contributed by atoms with Crippen molar-refractivity contribution in [3.8, 4) is 22.5 Å². The smallest absolute Gasteiger partial charge is 0.227 e. The number of pyridine rings is 2. The van der Waals surface area contributed by atoms with Crippen molar-refractivity contribution in [3.63, 3.8) is 0 Å². The number of fused-ring (bicyclic) bond motifs is 4. The summed E-state index contributed by atoms with van der Waals surface area (Å²) in [4.78, 5) is 9.98. The number of furan rings is 1. The largest absolute Gasteiger partial charge is 0.437 e. The van der Waals surface area contributed by atoms with Crippen LogP contribution in [0.2, 0.25) is 0 Å². The van der Waals surface area contributed by atoms with Gasteiger partial charge in [-0.25, -0.2) is 9.97 Å². The molecule has 3 heterocycles. The van der Waals surface area contributed by atoms with Gasteiger partial charge in [0.05, 0.1) is 11.4 Å². The number of aryl methyl sites for hydroxylation is 3. The van der Waals surface area contributed by atoms with E-state index in [9.17, 15) is 0 Å². The van der Waals surface area contributed by atoms with Crippen molar-refractivity contribution in [3.05, 3.63) is 95.2 Å². The molecule has 3 aromatic heterocycles. The summed E-state index contributed by atoms with van der Waals surface area (Å²) < 4.78 is 6.44. The van der Waals surface area contributed by atoms with Gasteiger partial charge in [0.1, 0.15) is 5.58 Å². The molecule has 0 bridgehead atoms. The van der Waals surface area contributed by atoms with E-state index in [0.29, 0.717) is 11.6 Å². The van der Waals surface area contributed by atoms with Crippen LogP contribution in [0.3, 0.4) is 0 Å². The Kier molecular flexibility index (Phi) is 5.14. The van der Waals surface area contributed by atoms with Gasteiger partial charge in [-0.2, -0.15) is 0 Å². The zero-order chi connectivity index (χ0) is 25.1. The first-order chi connectivity index (χ1) is 18.0. The summed E-state index contributed by atoms with van der Waals surface area (Å²) in [5.74, 6) is 0.666. The summed E-state index contributed by atoms with van der Waals surface area (Å²) >= 11 is 0. The van der Waals surface area contributed by atoms with Gasteiger partial charge in [0.25, 0.3) is 0 Å². The van der Waals surface area contributed by atoms with Crippen molar-refractivity contribution in [2.45, 2.75) is 52.4 Å². The van der Waals surface area contributed by atoms with E-state index >= 15 is 0 Å². The molecule has 6 aromatic rings. The molecule has 0 atom stereocenters. The van der Waals surface area contributed by atoms with E-state index in [4.69, 9.17) is 9.40 Å². The molecule has 0 spiro atoms. The maximum atomic E-state index is 6.44. The van der Waals surface area contributed by atoms with Gasteiger partial charge in [0.15, 0.2) is 0 Å². The minimum absolute atomic E-state index is 0.666. The Labute approximate surface area is 217 Å². The fourth-order valence-electron chi connectivity index (χ4n) is 6.04. The lowest BCUT2D eigenvalue weighted by Gasteiger charge is -2.15. The average Bonchev–Trinajstić information content (AvgIpc) is 3.56. The van der Waals surface area contributed by atoms with Crippen LogP contribution in [0.15, 0.2) is 77.2 Å². The van der Waals surface area contributed by atoms with E-state index in [0.717, 1.165) is 50.0 Å². The molecule has 3 nitrogen and oxygen atoms in total. The summed E-state index contributed by atoms with van der Waals surface area (Å²) in [6, 6.07) is 26.5. The monoisotopic (exact) mass is 482 g/mol. The zero-order valence-electron chi connectivity index (χ0n) is 21.6. The van der Waals surface area contributed by atoms with Gasteiger partial charge >= 0.3 is 0 Å². The van der Waals surface area contributed by atoms with E-state index in [-0.39, 0.29) is 0 Å². The second-order valence-electron chi connectivity index (χ2n) is 10.8. The van der Waals surface area contributed by atoms with Crippen LogP contribution in [0.25, 0.3) is 55.4 Å². The highest BCUT2D eigenvalue weighted by molar-refractivity contribution is 6.11. The Hall–Kier alpha value is -3.98. The van der Waals surface area contributed by atoms with Gasteiger partial charge in [0, 0.05) is 33.0 Å². The number of aromatic nitrogens is 2. The summed E-state index contributed by atoms with van der Waals surface area (Å²) in [7, 11) is 0. The first-order valence-corrected chi connectivity index (χ1v) is 13.4. The zero-order valence-corrected chi connectivity index (χ0v) is 21.6. The van der Waals surface area contributed by atoms with Crippen molar-refractivity contribution >= 4 is 32.8 Å². The molecule has 3 heteroatoms. The van der Waals surface area contributed by atoms with Gasteiger partial charge in [-0.1, -0.05) is 60.9 Å². The molecule has 0 aliphatic heterocycles. The molecule has 1 aliphatic rings. The first kappa shape index (κ1) is 22.2. The Bertz CT molecular complexity index is 1800. The molecule has 182 valence electrons. The summed E-state index contributed by atoms with van der Waals surface area (Å²) in [5, 5.41) is 4.54. The minimum Gasteiger partial charge on any atom is -0.437 e. The third kappa shape index (κ3) is 3.81. The number of benzene rings is 3. The number of rotatable bonds is 3. The van der Waals surface area contributed by atoms with Crippen LogP contribution in [0.4, 0.5) is 0 Å². The van der Waals surface area contributed by atoms with Crippen molar-refractivity contribution in [2.24, 2.45) is 0 Å². The molecule has 1 saturated carbocycles. The van der Waals surface area contributed by atoms with Gasteiger partial charge in [-0.15, -0.1) is 0 Å². The van der Waals surface area contributed by atoms with E-state index in [1.165, 1.54) is 47.8 Å². The number of nitrogens with zero attached hydrogens (tertiary/aromatic N) is 2. The van der Waals surface area contributed by atoms with Crippen LogP contribution in [0, 0.1) is 20.8 Å². The topological polar surface area (TPSA) is 38.9 Å². The summed E-state index contributed by atoms with van der Waals surface area (Å²) in [5.41, 5.74) is 10.5. The van der Waals surface area contributed by atoms with Gasteiger partial charge in [-0.3, -0.25) is 0 Å². The Morgan fingerprint density at radius 2 is 1.49 bits per heavy atom. The fraction of sp³-hybridized carbons (Fsp3) is 0.235. The average molecular weight is 483 g/mol. The molecule has 1 aliphatic carbocycles. The third-order valence-corrected chi connectivity index (χ3v) is 8.01. The lowest BCUT2D eigenvalue weighted by atomic mass is 9.92. The molecule has 7 rings (SSSR count). The Morgan fingerprint density at radius 3 is 2.30 bits per heavy atom. The van der Waals surface area contributed by atoms with Crippen LogP contribution < -0.4 is 0 Å². The maximum Gasteiger partial charge on any atom is 0.227 e. The first-order valence-electron chi connectivity index (χ1n) is 13.4. The molecule has 0 saturated heterocycles. The van der Waals surface area contributed by atoms with Gasteiger partial charge in [-0.05, 0) is 86.4 Å². The fourth-order valence-corrected chi connectivity index (χ4v) is 6.04. The van der Waals surface area contributed by atoms with Crippen molar-refractivity contribution in [2.75, 3.05) is 0 Å². The van der Waals surface area contributed by atoms with Gasteiger partial charge < -0.3 is 4.42 Å². The van der Waals surface area contributed by atoms with Crippen molar-refractivity contribution in [1.82, 2.24) is 9.97 Å². The molecule has 0 unspecified atom stereocenters. The quantitative estimate of drug-likeness (QED) is 0.252. The second-order valence-corrected chi connectivity index (χ2v) is 10.8. The highest BCUT2D eigenvalue weighted by Gasteiger charge is 2.21. The van der Waals surface area contributed by atoms with Crippen LogP contribution in [-0.4, -0.2) is 9.97 Å². The second kappa shape index (κ2) is 8.55. The molecular weight excluding hydrogens is 452 g/mol. The molecule has 3 aromatic carbocycles. The van der Waals surface area contributed by atoms with E-state index in [1.807, 2.05) is 6.92 Å². The van der Waals surface area contributed by atoms with Crippen LogP contribution >= 0.6 is 0 Å². The summed E-state index contributed by atoms with van der Waals surface area (Å²) in [6.07, 6.45) is 5.25. The predicted octanol–water partition coefficient (Wildman–Crippen LogP) is 9.45. The highest BCUT2D eigenvalue weighted by Crippen LogP contribution is 2.41. The number of hydrogen-bond acceptors (Lipinski definition) is 3. The molecule has 0 radical (unpaired) electrons. The summed E-state index contributed by atoms with van der Waals surface area (Å²) in [6.45, 7) is 6.27. The molecule has 37 heavy (non-hydrogen) atoms. The SMILES string of the molecule is Cc1ccc(-c2cc3cc(C4CCCC4)ccc3c(-c3cc(C)cc4c3oc3nc(C)ccc34)n2)cc1. The molecular formula is C34H30N2O. The molecule has 0 N–H and O–H groups in total. The molecule has 1 fully saturated rings. The lowest BCUT2D eigenvalue weighted by molar-refractivity contribution is 0.653. The van der Waals surface area contributed by atoms with Crippen LogP contribution in [0.1, 0.15) is 54.0 Å². The Morgan fingerprint density at radius 1 is 0.703 bits per heavy atom. The minimum atomic E-state index is 0.666. The van der Waals surface area contributed by atoms with E-state index in [1.54, 1.807) is 0 Å².